The van der Waals surface area contributed by atoms with E-state index in [1.807, 2.05) is 48.5 Å². The van der Waals surface area contributed by atoms with E-state index in [4.69, 9.17) is 21.7 Å². The average molecular weight is 382 g/mol. The molecule has 1 aliphatic heterocycles. The summed E-state index contributed by atoms with van der Waals surface area (Å²) in [6, 6.07) is 18.1. The first-order valence-corrected chi connectivity index (χ1v) is 9.27. The Kier molecular flexibility index (Phi) is 5.82. The molecule has 0 atom stereocenters. The lowest BCUT2D eigenvalue weighted by atomic mass is 9.74. The molecule has 0 bridgehead atoms. The first-order valence-electron chi connectivity index (χ1n) is 8.86. The zero-order chi connectivity index (χ0) is 19.3. The Balaban J connectivity index is 1.70. The van der Waals surface area contributed by atoms with Crippen LogP contribution in [0.25, 0.3) is 0 Å². The predicted octanol–water partition coefficient (Wildman–Crippen LogP) is 3.96. The molecule has 2 aromatic rings. The van der Waals surface area contributed by atoms with E-state index in [9.17, 15) is 5.26 Å². The standard InChI is InChI=1S/C21H23N3O2S/c1-25-17-8-9-19(26-2)18(14-17)23-20(27)24-12-10-21(15-22,11-13-24)16-6-4-3-5-7-16/h3-9,14H,10-13H2,1-2H3,(H,23,27). The molecule has 0 saturated carbocycles. The zero-order valence-electron chi connectivity index (χ0n) is 15.6. The van der Waals surface area contributed by atoms with Crippen molar-refractivity contribution in [3.05, 3.63) is 54.1 Å². The number of hydrogen-bond acceptors (Lipinski definition) is 4. The summed E-state index contributed by atoms with van der Waals surface area (Å²) >= 11 is 5.61. The number of nitriles is 1. The zero-order valence-corrected chi connectivity index (χ0v) is 16.4. The number of thiocarbonyl (C=S) groups is 1. The van der Waals surface area contributed by atoms with Gasteiger partial charge < -0.3 is 19.7 Å². The largest absolute Gasteiger partial charge is 0.497 e. The summed E-state index contributed by atoms with van der Waals surface area (Å²) in [5.74, 6) is 1.43. The molecule has 3 rings (SSSR count). The van der Waals surface area contributed by atoms with Crippen LogP contribution in [0.1, 0.15) is 18.4 Å². The van der Waals surface area contributed by atoms with Gasteiger partial charge in [0, 0.05) is 19.2 Å². The lowest BCUT2D eigenvalue weighted by Gasteiger charge is -2.38. The minimum Gasteiger partial charge on any atom is -0.497 e. The number of ether oxygens (including phenoxy) is 2. The van der Waals surface area contributed by atoms with Crippen molar-refractivity contribution in [3.8, 4) is 17.6 Å². The second kappa shape index (κ2) is 8.28. The monoisotopic (exact) mass is 381 g/mol. The fourth-order valence-electron chi connectivity index (χ4n) is 3.42. The van der Waals surface area contributed by atoms with Gasteiger partial charge in [0.2, 0.25) is 0 Å². The highest BCUT2D eigenvalue weighted by Crippen LogP contribution is 2.35. The van der Waals surface area contributed by atoms with Crippen molar-refractivity contribution in [1.29, 1.82) is 5.26 Å². The fourth-order valence-corrected chi connectivity index (χ4v) is 3.71. The summed E-state index contributed by atoms with van der Waals surface area (Å²) in [6.45, 7) is 1.45. The molecule has 1 N–H and O–H groups in total. The first-order chi connectivity index (χ1) is 13.1. The van der Waals surface area contributed by atoms with E-state index in [1.54, 1.807) is 14.2 Å². The third-order valence-electron chi connectivity index (χ3n) is 5.09. The molecule has 5 nitrogen and oxygen atoms in total. The van der Waals surface area contributed by atoms with Gasteiger partial charge in [0.1, 0.15) is 11.5 Å². The van der Waals surface area contributed by atoms with E-state index in [0.717, 1.165) is 42.9 Å². The number of methoxy groups -OCH3 is 2. The second-order valence-electron chi connectivity index (χ2n) is 6.54. The molecule has 0 aromatic heterocycles. The van der Waals surface area contributed by atoms with Crippen LogP contribution in [-0.2, 0) is 5.41 Å². The van der Waals surface area contributed by atoms with E-state index in [-0.39, 0.29) is 0 Å². The van der Waals surface area contributed by atoms with Crippen LogP contribution in [0.2, 0.25) is 0 Å². The molecule has 0 spiro atoms. The maximum Gasteiger partial charge on any atom is 0.173 e. The van der Waals surface area contributed by atoms with Crippen LogP contribution >= 0.6 is 12.2 Å². The Bertz CT molecular complexity index is 840. The number of piperidine rings is 1. The Hall–Kier alpha value is -2.78. The number of likely N-dealkylation sites (tertiary alicyclic amines) is 1. The Labute approximate surface area is 165 Å². The Morgan fingerprint density at radius 1 is 1.11 bits per heavy atom. The van der Waals surface area contributed by atoms with E-state index in [0.29, 0.717) is 10.9 Å². The molecule has 1 aliphatic rings. The SMILES string of the molecule is COc1ccc(OC)c(NC(=S)N2CCC(C#N)(c3ccccc3)CC2)c1. The van der Waals surface area contributed by atoms with E-state index in [1.165, 1.54) is 0 Å². The molecule has 0 aliphatic carbocycles. The summed E-state index contributed by atoms with van der Waals surface area (Å²) in [7, 11) is 3.25. The minimum absolute atomic E-state index is 0.443. The number of nitrogens with zero attached hydrogens (tertiary/aromatic N) is 2. The fraction of sp³-hybridized carbons (Fsp3) is 0.333. The van der Waals surface area contributed by atoms with Crippen LogP contribution < -0.4 is 14.8 Å². The highest BCUT2D eigenvalue weighted by molar-refractivity contribution is 7.80. The van der Waals surface area contributed by atoms with Crippen molar-refractivity contribution >= 4 is 23.0 Å². The average Bonchev–Trinajstić information content (AvgIpc) is 2.74. The van der Waals surface area contributed by atoms with Crippen molar-refractivity contribution in [1.82, 2.24) is 4.90 Å². The number of hydrogen-bond donors (Lipinski definition) is 1. The van der Waals surface area contributed by atoms with Gasteiger partial charge in [0.25, 0.3) is 0 Å². The lowest BCUT2D eigenvalue weighted by molar-refractivity contribution is 0.272. The molecule has 0 unspecified atom stereocenters. The highest BCUT2D eigenvalue weighted by atomic mass is 32.1. The van der Waals surface area contributed by atoms with Crippen LogP contribution in [0.15, 0.2) is 48.5 Å². The van der Waals surface area contributed by atoms with Gasteiger partial charge in [-0.2, -0.15) is 5.26 Å². The molecule has 27 heavy (non-hydrogen) atoms. The van der Waals surface area contributed by atoms with Gasteiger partial charge in [-0.15, -0.1) is 0 Å². The number of rotatable bonds is 4. The van der Waals surface area contributed by atoms with Gasteiger partial charge in [0.05, 0.1) is 31.4 Å². The normalized spacial score (nSPS) is 15.5. The third-order valence-corrected chi connectivity index (χ3v) is 5.45. The van der Waals surface area contributed by atoms with Crippen LogP contribution in [0, 0.1) is 11.3 Å². The first kappa shape index (κ1) is 19.0. The Morgan fingerprint density at radius 3 is 2.41 bits per heavy atom. The van der Waals surface area contributed by atoms with Crippen LogP contribution in [0.5, 0.6) is 11.5 Å². The van der Waals surface area contributed by atoms with Gasteiger partial charge >= 0.3 is 0 Å². The lowest BCUT2D eigenvalue weighted by Crippen LogP contribution is -2.46. The minimum atomic E-state index is -0.443. The maximum absolute atomic E-state index is 9.83. The quantitative estimate of drug-likeness (QED) is 0.809. The smallest absolute Gasteiger partial charge is 0.173 e. The van der Waals surface area contributed by atoms with Crippen molar-refractivity contribution in [2.24, 2.45) is 0 Å². The molecule has 1 fully saturated rings. The van der Waals surface area contributed by atoms with E-state index in [2.05, 4.69) is 16.3 Å². The summed E-state index contributed by atoms with van der Waals surface area (Å²) in [5.41, 5.74) is 1.41. The molecular weight excluding hydrogens is 358 g/mol. The molecule has 1 saturated heterocycles. The maximum atomic E-state index is 9.83. The summed E-state index contributed by atoms with van der Waals surface area (Å²) < 4.78 is 10.7. The second-order valence-corrected chi connectivity index (χ2v) is 6.93. The van der Waals surface area contributed by atoms with E-state index >= 15 is 0 Å². The number of anilines is 1. The van der Waals surface area contributed by atoms with Crippen LogP contribution in [0.4, 0.5) is 5.69 Å². The van der Waals surface area contributed by atoms with Crippen molar-refractivity contribution in [3.63, 3.8) is 0 Å². The van der Waals surface area contributed by atoms with E-state index < -0.39 is 5.41 Å². The van der Waals surface area contributed by atoms with Crippen LogP contribution in [-0.4, -0.2) is 37.3 Å². The Morgan fingerprint density at radius 2 is 1.81 bits per heavy atom. The van der Waals surface area contributed by atoms with Crippen molar-refractivity contribution < 1.29 is 9.47 Å². The number of benzene rings is 2. The summed E-state index contributed by atoms with van der Waals surface area (Å²) in [5, 5.41) is 13.7. The molecule has 140 valence electrons. The summed E-state index contributed by atoms with van der Waals surface area (Å²) in [4.78, 5) is 2.10. The van der Waals surface area contributed by atoms with Gasteiger partial charge in [-0.05, 0) is 42.8 Å². The van der Waals surface area contributed by atoms with Gasteiger partial charge in [-0.3, -0.25) is 0 Å². The molecule has 0 amide bonds. The van der Waals surface area contributed by atoms with Crippen molar-refractivity contribution in [2.75, 3.05) is 32.6 Å². The molecular formula is C21H23N3O2S. The molecule has 1 heterocycles. The molecule has 2 aromatic carbocycles. The molecule has 0 radical (unpaired) electrons. The highest BCUT2D eigenvalue weighted by Gasteiger charge is 2.37. The van der Waals surface area contributed by atoms with Crippen molar-refractivity contribution in [2.45, 2.75) is 18.3 Å². The third kappa shape index (κ3) is 3.99. The number of nitrogens with one attached hydrogen (secondary N) is 1. The predicted molar refractivity (Wildman–Crippen MR) is 110 cm³/mol. The van der Waals surface area contributed by atoms with Crippen LogP contribution in [0.3, 0.4) is 0 Å². The topological polar surface area (TPSA) is 57.5 Å². The van der Waals surface area contributed by atoms with Gasteiger partial charge in [-0.25, -0.2) is 0 Å². The molecule has 6 heteroatoms. The van der Waals surface area contributed by atoms with Gasteiger partial charge in [-0.1, -0.05) is 30.3 Å². The summed E-state index contributed by atoms with van der Waals surface area (Å²) in [6.07, 6.45) is 1.48. The van der Waals surface area contributed by atoms with Gasteiger partial charge in [0.15, 0.2) is 5.11 Å².